The van der Waals surface area contributed by atoms with Gasteiger partial charge in [-0.25, -0.2) is 4.72 Å². The number of rotatable bonds is 7. The highest BCUT2D eigenvalue weighted by Crippen LogP contribution is 2.39. The van der Waals surface area contributed by atoms with Crippen LogP contribution in [0.5, 0.6) is 0 Å². The predicted octanol–water partition coefficient (Wildman–Crippen LogP) is 0.506. The molecule has 0 amide bonds. The fraction of sp³-hybridized carbons (Fsp3) is 0.909. The number of nitrogens with one attached hydrogen (secondary N) is 1. The lowest BCUT2D eigenvalue weighted by Crippen LogP contribution is -2.45. The van der Waals surface area contributed by atoms with E-state index in [4.69, 9.17) is 0 Å². The third kappa shape index (κ3) is 4.22. The third-order valence-corrected chi connectivity index (χ3v) is 5.02. The van der Waals surface area contributed by atoms with Crippen LogP contribution in [0.1, 0.15) is 32.6 Å². The van der Waals surface area contributed by atoms with Gasteiger partial charge in [0.2, 0.25) is 0 Å². The molecule has 1 rings (SSSR count). The lowest BCUT2D eigenvalue weighted by atomic mass is 9.71. The zero-order valence-corrected chi connectivity index (χ0v) is 12.0. The lowest BCUT2D eigenvalue weighted by molar-refractivity contribution is -0.140. The summed E-state index contributed by atoms with van der Waals surface area (Å²) in [6.45, 7) is 2.66. The highest BCUT2D eigenvalue weighted by molar-refractivity contribution is 7.87. The first kappa shape index (κ1) is 15.4. The highest BCUT2D eigenvalue weighted by atomic mass is 32.2. The average Bonchev–Trinajstić information content (AvgIpc) is 2.30. The Morgan fingerprint density at radius 3 is 2.50 bits per heavy atom. The van der Waals surface area contributed by atoms with E-state index in [0.717, 1.165) is 23.6 Å². The molecule has 0 aromatic rings. The van der Waals surface area contributed by atoms with E-state index in [-0.39, 0.29) is 18.4 Å². The van der Waals surface area contributed by atoms with E-state index in [9.17, 15) is 13.2 Å². The number of carbonyl (C=O) groups excluding carboxylic acids is 1. The molecule has 1 N–H and O–H groups in total. The monoisotopic (exact) mass is 278 g/mol. The Kier molecular flexibility index (Phi) is 5.12. The molecule has 7 heteroatoms. The molecular formula is C11H22N2O4S. The molecule has 0 atom stereocenters. The summed E-state index contributed by atoms with van der Waals surface area (Å²) in [6, 6.07) is 0. The summed E-state index contributed by atoms with van der Waals surface area (Å²) >= 11 is 0. The van der Waals surface area contributed by atoms with Crippen LogP contribution in [0.25, 0.3) is 0 Å². The number of nitrogens with zero attached hydrogens (tertiary/aromatic N) is 1. The van der Waals surface area contributed by atoms with E-state index in [1.165, 1.54) is 14.2 Å². The van der Waals surface area contributed by atoms with Crippen molar-refractivity contribution in [2.24, 2.45) is 5.41 Å². The van der Waals surface area contributed by atoms with Crippen LogP contribution in [-0.4, -0.2) is 45.9 Å². The van der Waals surface area contributed by atoms with Crippen LogP contribution in [0.3, 0.4) is 0 Å². The number of esters is 1. The Hall–Kier alpha value is -0.660. The number of hydrogen-bond acceptors (Lipinski definition) is 4. The first-order valence-electron chi connectivity index (χ1n) is 6.07. The molecule has 0 aromatic heterocycles. The number of carbonyl (C=O) groups is 1. The molecule has 0 aliphatic heterocycles. The summed E-state index contributed by atoms with van der Waals surface area (Å²) in [7, 11) is -0.761. The van der Waals surface area contributed by atoms with Crippen molar-refractivity contribution in [1.29, 1.82) is 0 Å². The Morgan fingerprint density at radius 1 is 1.44 bits per heavy atom. The minimum Gasteiger partial charge on any atom is -0.469 e. The van der Waals surface area contributed by atoms with Gasteiger partial charge in [-0.15, -0.1) is 0 Å². The Bertz CT molecular complexity index is 390. The van der Waals surface area contributed by atoms with Crippen LogP contribution in [-0.2, 0) is 19.7 Å². The topological polar surface area (TPSA) is 75.7 Å². The minimum atomic E-state index is -3.50. The van der Waals surface area contributed by atoms with Crippen molar-refractivity contribution in [2.75, 3.05) is 27.2 Å². The fourth-order valence-corrected chi connectivity index (χ4v) is 2.89. The van der Waals surface area contributed by atoms with Gasteiger partial charge in [0.25, 0.3) is 10.2 Å². The number of hydrogen-bond donors (Lipinski definition) is 1. The van der Waals surface area contributed by atoms with Gasteiger partial charge in [0.1, 0.15) is 0 Å². The van der Waals surface area contributed by atoms with Crippen LogP contribution in [0.2, 0.25) is 0 Å². The molecule has 6 nitrogen and oxygen atoms in total. The third-order valence-electron chi connectivity index (χ3n) is 3.51. The van der Waals surface area contributed by atoms with Crippen molar-refractivity contribution in [2.45, 2.75) is 32.6 Å². The second-order valence-electron chi connectivity index (χ2n) is 5.14. The molecule has 106 valence electrons. The quantitative estimate of drug-likeness (QED) is 0.688. The first-order valence-corrected chi connectivity index (χ1v) is 7.51. The van der Waals surface area contributed by atoms with E-state index in [0.29, 0.717) is 6.54 Å². The second-order valence-corrected chi connectivity index (χ2v) is 7.00. The molecule has 1 aliphatic rings. The summed E-state index contributed by atoms with van der Waals surface area (Å²) in [4.78, 5) is 11.0. The van der Waals surface area contributed by atoms with Crippen molar-refractivity contribution in [1.82, 2.24) is 9.03 Å². The van der Waals surface area contributed by atoms with Gasteiger partial charge in [-0.05, 0) is 18.3 Å². The molecule has 1 saturated carbocycles. The molecule has 0 radical (unpaired) electrons. The second kappa shape index (κ2) is 5.99. The summed E-state index contributed by atoms with van der Waals surface area (Å²) < 4.78 is 32.0. The van der Waals surface area contributed by atoms with Gasteiger partial charge in [-0.2, -0.15) is 12.7 Å². The maximum atomic E-state index is 11.9. The van der Waals surface area contributed by atoms with Crippen molar-refractivity contribution >= 4 is 16.2 Å². The highest BCUT2D eigenvalue weighted by Gasteiger charge is 2.33. The van der Waals surface area contributed by atoms with Gasteiger partial charge < -0.3 is 4.74 Å². The molecule has 1 fully saturated rings. The molecule has 1 aliphatic carbocycles. The zero-order chi connectivity index (χ0) is 13.8. The van der Waals surface area contributed by atoms with Crippen LogP contribution in [0.15, 0.2) is 0 Å². The van der Waals surface area contributed by atoms with Crippen molar-refractivity contribution in [3.8, 4) is 0 Å². The number of ether oxygens (including phenoxy) is 1. The van der Waals surface area contributed by atoms with Gasteiger partial charge >= 0.3 is 5.97 Å². The maximum Gasteiger partial charge on any atom is 0.306 e. The van der Waals surface area contributed by atoms with Gasteiger partial charge in [0.15, 0.2) is 0 Å². The summed E-state index contributed by atoms with van der Waals surface area (Å²) in [6.07, 6.45) is 3.34. The van der Waals surface area contributed by atoms with Crippen molar-refractivity contribution in [3.63, 3.8) is 0 Å². The standard InChI is InChI=1S/C11H22N2O4S/c1-11(6-4-7-11)9-12-18(15,16)13(2)8-5-10(14)17-3/h12H,4-9H2,1-3H3. The van der Waals surface area contributed by atoms with Crippen LogP contribution in [0.4, 0.5) is 0 Å². The van der Waals surface area contributed by atoms with Gasteiger partial charge in [-0.1, -0.05) is 13.3 Å². The molecule has 0 heterocycles. The predicted molar refractivity (Wildman–Crippen MR) is 68.1 cm³/mol. The zero-order valence-electron chi connectivity index (χ0n) is 11.2. The molecular weight excluding hydrogens is 256 g/mol. The maximum absolute atomic E-state index is 11.9. The van der Waals surface area contributed by atoms with E-state index in [1.54, 1.807) is 0 Å². The summed E-state index contributed by atoms with van der Waals surface area (Å²) in [5.41, 5.74) is 0.0935. The minimum absolute atomic E-state index is 0.0607. The SMILES string of the molecule is COC(=O)CCN(C)S(=O)(=O)NCC1(C)CCC1. The van der Waals surface area contributed by atoms with Crippen molar-refractivity contribution in [3.05, 3.63) is 0 Å². The Morgan fingerprint density at radius 2 is 2.06 bits per heavy atom. The smallest absolute Gasteiger partial charge is 0.306 e. The molecule has 0 saturated heterocycles. The van der Waals surface area contributed by atoms with E-state index < -0.39 is 16.2 Å². The normalized spacial score (nSPS) is 18.4. The molecule has 0 aromatic carbocycles. The average molecular weight is 278 g/mol. The molecule has 0 spiro atoms. The van der Waals surface area contributed by atoms with E-state index in [1.807, 2.05) is 0 Å². The Balaban J connectivity index is 2.39. The van der Waals surface area contributed by atoms with E-state index in [2.05, 4.69) is 16.4 Å². The molecule has 18 heavy (non-hydrogen) atoms. The van der Waals surface area contributed by atoms with Gasteiger partial charge in [0, 0.05) is 20.1 Å². The largest absolute Gasteiger partial charge is 0.469 e. The fourth-order valence-electron chi connectivity index (χ4n) is 1.80. The van der Waals surface area contributed by atoms with Crippen LogP contribution >= 0.6 is 0 Å². The number of methoxy groups -OCH3 is 1. The Labute approximate surface area is 109 Å². The van der Waals surface area contributed by atoms with Crippen LogP contribution in [0, 0.1) is 5.41 Å². The lowest BCUT2D eigenvalue weighted by Gasteiger charge is -2.38. The van der Waals surface area contributed by atoms with Gasteiger partial charge in [-0.3, -0.25) is 4.79 Å². The van der Waals surface area contributed by atoms with Crippen molar-refractivity contribution < 1.29 is 17.9 Å². The molecule has 0 bridgehead atoms. The summed E-state index contributed by atoms with van der Waals surface area (Å²) in [5, 5.41) is 0. The first-order chi connectivity index (χ1) is 8.29. The van der Waals surface area contributed by atoms with Crippen LogP contribution < -0.4 is 4.72 Å². The summed E-state index contributed by atoms with van der Waals surface area (Å²) in [5.74, 6) is -0.414. The van der Waals surface area contributed by atoms with Gasteiger partial charge in [0.05, 0.1) is 13.5 Å². The van der Waals surface area contributed by atoms with E-state index >= 15 is 0 Å². The molecule has 0 unspecified atom stereocenters.